The third kappa shape index (κ3) is 6.36. The van der Waals surface area contributed by atoms with Crippen molar-refractivity contribution < 1.29 is 9.47 Å². The van der Waals surface area contributed by atoms with Gasteiger partial charge < -0.3 is 20.1 Å². The van der Waals surface area contributed by atoms with Gasteiger partial charge in [-0.15, -0.1) is 0 Å². The molecule has 0 aromatic carbocycles. The number of hydrogen-bond acceptors (Lipinski definition) is 4. The smallest absolute Gasteiger partial charge is 0.169 e. The molecule has 2 unspecified atom stereocenters. The van der Waals surface area contributed by atoms with Crippen LogP contribution in [0.1, 0.15) is 39.0 Å². The molecule has 0 aromatic rings. The molecule has 0 amide bonds. The van der Waals surface area contributed by atoms with Gasteiger partial charge in [-0.3, -0.25) is 0 Å². The second-order valence-corrected chi connectivity index (χ2v) is 4.95. The molecule has 1 saturated heterocycles. The number of ether oxygens (including phenoxy) is 2. The molecule has 102 valence electrons. The van der Waals surface area contributed by atoms with Crippen LogP contribution in [0, 0.1) is 0 Å². The van der Waals surface area contributed by atoms with E-state index < -0.39 is 0 Å². The summed E-state index contributed by atoms with van der Waals surface area (Å²) in [5, 5.41) is 7.09. The molecule has 0 aromatic heterocycles. The van der Waals surface area contributed by atoms with E-state index in [9.17, 15) is 0 Å². The van der Waals surface area contributed by atoms with E-state index >= 15 is 0 Å². The molecule has 1 aliphatic rings. The Morgan fingerprint density at radius 1 is 1.24 bits per heavy atom. The highest BCUT2D eigenvalue weighted by Crippen LogP contribution is 2.12. The van der Waals surface area contributed by atoms with Crippen LogP contribution in [0.5, 0.6) is 0 Å². The van der Waals surface area contributed by atoms with Gasteiger partial charge in [0.1, 0.15) is 0 Å². The topological polar surface area (TPSA) is 42.5 Å². The van der Waals surface area contributed by atoms with Crippen molar-refractivity contribution in [2.24, 2.45) is 0 Å². The van der Waals surface area contributed by atoms with E-state index in [4.69, 9.17) is 9.47 Å². The molecule has 2 N–H and O–H groups in total. The van der Waals surface area contributed by atoms with E-state index in [1.165, 1.54) is 38.6 Å². The summed E-state index contributed by atoms with van der Waals surface area (Å²) in [5.41, 5.74) is 0. The van der Waals surface area contributed by atoms with Crippen molar-refractivity contribution in [2.45, 2.75) is 57.4 Å². The van der Waals surface area contributed by atoms with Gasteiger partial charge >= 0.3 is 0 Å². The van der Waals surface area contributed by atoms with E-state index in [-0.39, 0.29) is 6.29 Å². The molecular weight excluding hydrogens is 216 g/mol. The fraction of sp³-hybridized carbons (Fsp3) is 1.00. The Balaban J connectivity index is 2.16. The minimum atomic E-state index is -0.139. The van der Waals surface area contributed by atoms with Crippen molar-refractivity contribution in [3.8, 4) is 0 Å². The van der Waals surface area contributed by atoms with Gasteiger partial charge in [0, 0.05) is 32.8 Å². The molecule has 1 fully saturated rings. The average molecular weight is 244 g/mol. The number of methoxy groups -OCH3 is 2. The monoisotopic (exact) mass is 244 g/mol. The predicted octanol–water partition coefficient (Wildman–Crippen LogP) is 1.51. The summed E-state index contributed by atoms with van der Waals surface area (Å²) < 4.78 is 10.3. The van der Waals surface area contributed by atoms with Crippen molar-refractivity contribution in [3.05, 3.63) is 0 Å². The first kappa shape index (κ1) is 14.9. The number of rotatable bonds is 7. The van der Waals surface area contributed by atoms with Crippen LogP contribution in [0.2, 0.25) is 0 Å². The third-order valence-corrected chi connectivity index (χ3v) is 3.46. The minimum absolute atomic E-state index is 0.139. The molecular formula is C13H28N2O2. The highest BCUT2D eigenvalue weighted by molar-refractivity contribution is 4.76. The maximum Gasteiger partial charge on any atom is 0.169 e. The SMILES string of the molecule is COC(CNC(C)CC1CCCCCN1)OC. The highest BCUT2D eigenvalue weighted by atomic mass is 16.7. The van der Waals surface area contributed by atoms with Gasteiger partial charge in [-0.2, -0.15) is 0 Å². The molecule has 1 rings (SSSR count). The normalized spacial score (nSPS) is 23.6. The summed E-state index contributed by atoms with van der Waals surface area (Å²) in [4.78, 5) is 0. The van der Waals surface area contributed by atoms with E-state index in [1.54, 1.807) is 14.2 Å². The van der Waals surface area contributed by atoms with Crippen molar-refractivity contribution in [2.75, 3.05) is 27.3 Å². The van der Waals surface area contributed by atoms with Crippen LogP contribution < -0.4 is 10.6 Å². The zero-order chi connectivity index (χ0) is 12.5. The first-order chi connectivity index (χ1) is 8.26. The molecule has 2 atom stereocenters. The van der Waals surface area contributed by atoms with E-state index in [1.807, 2.05) is 0 Å². The second-order valence-electron chi connectivity index (χ2n) is 4.95. The van der Waals surface area contributed by atoms with Crippen molar-refractivity contribution >= 4 is 0 Å². The lowest BCUT2D eigenvalue weighted by Crippen LogP contribution is -2.40. The Morgan fingerprint density at radius 2 is 2.00 bits per heavy atom. The fourth-order valence-electron chi connectivity index (χ4n) is 2.37. The molecule has 0 radical (unpaired) electrons. The number of nitrogens with one attached hydrogen (secondary N) is 2. The maximum absolute atomic E-state index is 5.16. The van der Waals surface area contributed by atoms with Crippen LogP contribution in [-0.2, 0) is 9.47 Å². The third-order valence-electron chi connectivity index (χ3n) is 3.46. The summed E-state index contributed by atoms with van der Waals surface area (Å²) in [7, 11) is 3.35. The van der Waals surface area contributed by atoms with E-state index in [2.05, 4.69) is 17.6 Å². The maximum atomic E-state index is 5.16. The Labute approximate surface area is 105 Å². The summed E-state index contributed by atoms with van der Waals surface area (Å²) in [6.07, 6.45) is 6.42. The molecule has 1 aliphatic heterocycles. The molecule has 1 heterocycles. The quantitative estimate of drug-likeness (QED) is 0.666. The van der Waals surface area contributed by atoms with E-state index in [0.717, 1.165) is 6.54 Å². The fourth-order valence-corrected chi connectivity index (χ4v) is 2.37. The van der Waals surface area contributed by atoms with Crippen LogP contribution in [0.4, 0.5) is 0 Å². The van der Waals surface area contributed by atoms with Gasteiger partial charge in [-0.1, -0.05) is 12.8 Å². The van der Waals surface area contributed by atoms with Crippen molar-refractivity contribution in [1.29, 1.82) is 0 Å². The largest absolute Gasteiger partial charge is 0.355 e. The van der Waals surface area contributed by atoms with Crippen LogP contribution in [0.3, 0.4) is 0 Å². The summed E-state index contributed by atoms with van der Waals surface area (Å²) in [6.45, 7) is 4.16. The number of hydrogen-bond donors (Lipinski definition) is 2. The minimum Gasteiger partial charge on any atom is -0.355 e. The van der Waals surface area contributed by atoms with E-state index in [0.29, 0.717) is 12.1 Å². The molecule has 0 aliphatic carbocycles. The Hall–Kier alpha value is -0.160. The molecule has 4 nitrogen and oxygen atoms in total. The molecule has 0 bridgehead atoms. The van der Waals surface area contributed by atoms with Crippen molar-refractivity contribution in [1.82, 2.24) is 10.6 Å². The first-order valence-electron chi connectivity index (χ1n) is 6.78. The standard InChI is InChI=1S/C13H28N2O2/c1-11(15-10-13(16-2)17-3)9-12-7-5-4-6-8-14-12/h11-15H,4-10H2,1-3H3. The van der Waals surface area contributed by atoms with Crippen LogP contribution in [0.15, 0.2) is 0 Å². The lowest BCUT2D eigenvalue weighted by Gasteiger charge is -2.23. The molecule has 0 saturated carbocycles. The van der Waals surface area contributed by atoms with Gasteiger partial charge in [0.25, 0.3) is 0 Å². The second kappa shape index (κ2) is 8.86. The van der Waals surface area contributed by atoms with Crippen LogP contribution >= 0.6 is 0 Å². The van der Waals surface area contributed by atoms with Gasteiger partial charge in [0.2, 0.25) is 0 Å². The van der Waals surface area contributed by atoms with Gasteiger partial charge in [-0.25, -0.2) is 0 Å². The highest BCUT2D eigenvalue weighted by Gasteiger charge is 2.15. The Kier molecular flexibility index (Phi) is 7.77. The summed E-state index contributed by atoms with van der Waals surface area (Å²) >= 11 is 0. The van der Waals surface area contributed by atoms with Crippen molar-refractivity contribution in [3.63, 3.8) is 0 Å². The molecule has 0 spiro atoms. The summed E-state index contributed by atoms with van der Waals surface area (Å²) in [5.74, 6) is 0. The molecule has 17 heavy (non-hydrogen) atoms. The van der Waals surface area contributed by atoms with Gasteiger partial charge in [0.15, 0.2) is 6.29 Å². The van der Waals surface area contributed by atoms with Crippen LogP contribution in [-0.4, -0.2) is 45.7 Å². The Bertz CT molecular complexity index is 178. The van der Waals surface area contributed by atoms with Gasteiger partial charge in [-0.05, 0) is 32.7 Å². The molecule has 4 heteroatoms. The Morgan fingerprint density at radius 3 is 2.71 bits per heavy atom. The lowest BCUT2D eigenvalue weighted by atomic mass is 10.0. The lowest BCUT2D eigenvalue weighted by molar-refractivity contribution is -0.0998. The zero-order valence-corrected chi connectivity index (χ0v) is 11.5. The first-order valence-corrected chi connectivity index (χ1v) is 6.78. The predicted molar refractivity (Wildman–Crippen MR) is 70.1 cm³/mol. The van der Waals surface area contributed by atoms with Gasteiger partial charge in [0.05, 0.1) is 0 Å². The zero-order valence-electron chi connectivity index (χ0n) is 11.5. The summed E-state index contributed by atoms with van der Waals surface area (Å²) in [6, 6.07) is 1.17. The van der Waals surface area contributed by atoms with Crippen LogP contribution in [0.25, 0.3) is 0 Å². The average Bonchev–Trinajstić information content (AvgIpc) is 2.59.